The number of aromatic amines is 1. The first-order valence-corrected chi connectivity index (χ1v) is 11.5. The van der Waals surface area contributed by atoms with E-state index in [4.69, 9.17) is 13.7 Å². The van der Waals surface area contributed by atoms with Crippen molar-refractivity contribution >= 4 is 44.4 Å². The first-order chi connectivity index (χ1) is 15.9. The Labute approximate surface area is 193 Å². The van der Waals surface area contributed by atoms with E-state index < -0.39 is 21.7 Å². The van der Waals surface area contributed by atoms with Crippen LogP contribution in [0.2, 0.25) is 0 Å². The van der Waals surface area contributed by atoms with Crippen LogP contribution in [0.15, 0.2) is 45.7 Å². The highest BCUT2D eigenvalue weighted by molar-refractivity contribution is 7.85. The molecule has 11 nitrogen and oxygen atoms in total. The number of aromatic nitrogens is 3. The molecule has 0 aliphatic rings. The van der Waals surface area contributed by atoms with Crippen LogP contribution in [0.25, 0.3) is 11.1 Å². The second kappa shape index (κ2) is 9.89. The minimum Gasteiger partial charge on any atom is -0.494 e. The van der Waals surface area contributed by atoms with Crippen molar-refractivity contribution in [1.29, 1.82) is 0 Å². The van der Waals surface area contributed by atoms with Gasteiger partial charge >= 0.3 is 5.76 Å². The molecular formula is C21H22FN5O6S. The van der Waals surface area contributed by atoms with E-state index in [-0.39, 0.29) is 5.75 Å². The number of ether oxygens (including phenoxy) is 1. The van der Waals surface area contributed by atoms with E-state index in [1.165, 1.54) is 7.11 Å². The first kappa shape index (κ1) is 24.7. The van der Waals surface area contributed by atoms with Crippen molar-refractivity contribution in [3.8, 4) is 5.75 Å². The van der Waals surface area contributed by atoms with E-state index in [1.54, 1.807) is 43.5 Å². The van der Waals surface area contributed by atoms with Gasteiger partial charge in [-0.25, -0.2) is 14.2 Å². The fourth-order valence-electron chi connectivity index (χ4n) is 2.88. The predicted octanol–water partition coefficient (Wildman–Crippen LogP) is 3.67. The fraction of sp³-hybridized carbons (Fsp3) is 0.190. The molecule has 0 aliphatic carbocycles. The molecule has 4 N–H and O–H groups in total. The van der Waals surface area contributed by atoms with Gasteiger partial charge < -0.3 is 19.8 Å². The maximum absolute atomic E-state index is 14.0. The topological polar surface area (TPSA) is 159 Å². The summed E-state index contributed by atoms with van der Waals surface area (Å²) >= 11 is 0. The molecule has 0 aliphatic heterocycles. The Morgan fingerprint density at radius 3 is 2.50 bits per heavy atom. The molecule has 0 radical (unpaired) electrons. The van der Waals surface area contributed by atoms with Crippen molar-refractivity contribution in [1.82, 2.24) is 15.0 Å². The van der Waals surface area contributed by atoms with E-state index >= 15 is 0 Å². The minimum atomic E-state index is -3.67. The second-order valence-electron chi connectivity index (χ2n) is 7.24. The number of fused-ring (bicyclic) bond motifs is 1. The lowest BCUT2D eigenvalue weighted by molar-refractivity contribution is 0.385. The standard InChI is InChI=1S/C20H18FN5O3.CH4O3S/c1-10-6-13(8-16(28-3)17(10)21)24-19-22-9-11(2)18(26-19)23-12-4-5-15-14(7-12)25-20(27)29-15;1-5(2,3)4/h4-9H,1-3H3,(H,25,27)(H2,22,23,24,26);1H3,(H,2,3,4). The van der Waals surface area contributed by atoms with Crippen molar-refractivity contribution in [2.75, 3.05) is 24.0 Å². The van der Waals surface area contributed by atoms with Crippen LogP contribution in [0, 0.1) is 19.7 Å². The molecule has 180 valence electrons. The van der Waals surface area contributed by atoms with Gasteiger partial charge in [0.2, 0.25) is 5.95 Å². The molecule has 34 heavy (non-hydrogen) atoms. The lowest BCUT2D eigenvalue weighted by atomic mass is 10.2. The molecule has 2 aromatic carbocycles. The molecule has 0 saturated heterocycles. The Morgan fingerprint density at radius 1 is 1.12 bits per heavy atom. The van der Waals surface area contributed by atoms with Crippen LogP contribution in [0.4, 0.5) is 27.5 Å². The number of halogens is 1. The predicted molar refractivity (Wildman–Crippen MR) is 125 cm³/mol. The van der Waals surface area contributed by atoms with Gasteiger partial charge in [-0.3, -0.25) is 9.54 Å². The number of anilines is 4. The third-order valence-electron chi connectivity index (χ3n) is 4.35. The quantitative estimate of drug-likeness (QED) is 0.303. The van der Waals surface area contributed by atoms with Crippen molar-refractivity contribution < 1.29 is 26.5 Å². The van der Waals surface area contributed by atoms with E-state index in [2.05, 4.69) is 25.6 Å². The average Bonchev–Trinajstić information content (AvgIpc) is 3.11. The first-order valence-electron chi connectivity index (χ1n) is 9.70. The van der Waals surface area contributed by atoms with Gasteiger partial charge in [0.1, 0.15) is 5.82 Å². The molecular weight excluding hydrogens is 469 g/mol. The van der Waals surface area contributed by atoms with Crippen molar-refractivity contribution in [3.05, 3.63) is 64.0 Å². The van der Waals surface area contributed by atoms with Crippen LogP contribution < -0.4 is 21.1 Å². The SMILES string of the molecule is COc1cc(Nc2ncc(C)c(Nc3ccc4oc(=O)[nH]c4c3)n2)cc(C)c1F.CS(=O)(=O)O. The zero-order valence-electron chi connectivity index (χ0n) is 18.6. The van der Waals surface area contributed by atoms with Gasteiger partial charge in [0.05, 0.1) is 18.9 Å². The van der Waals surface area contributed by atoms with E-state index in [0.717, 1.165) is 11.3 Å². The van der Waals surface area contributed by atoms with Crippen molar-refractivity contribution in [2.45, 2.75) is 13.8 Å². The number of benzene rings is 2. The van der Waals surface area contributed by atoms with E-state index in [9.17, 15) is 17.6 Å². The van der Waals surface area contributed by atoms with Crippen molar-refractivity contribution in [3.63, 3.8) is 0 Å². The number of oxazole rings is 1. The second-order valence-corrected chi connectivity index (χ2v) is 8.71. The van der Waals surface area contributed by atoms with Crippen LogP contribution in [-0.2, 0) is 10.1 Å². The summed E-state index contributed by atoms with van der Waals surface area (Å²) < 4.78 is 49.9. The molecule has 0 fully saturated rings. The summed E-state index contributed by atoms with van der Waals surface area (Å²) in [6, 6.07) is 8.42. The van der Waals surface area contributed by atoms with Gasteiger partial charge in [0, 0.05) is 29.2 Å². The number of nitrogens with one attached hydrogen (secondary N) is 3. The summed E-state index contributed by atoms with van der Waals surface area (Å²) in [7, 11) is -2.25. The number of rotatable bonds is 5. The number of H-pyrrole nitrogens is 1. The Morgan fingerprint density at radius 2 is 1.82 bits per heavy atom. The molecule has 0 bridgehead atoms. The summed E-state index contributed by atoms with van der Waals surface area (Å²) in [5.41, 5.74) is 3.65. The molecule has 0 unspecified atom stereocenters. The molecule has 2 aromatic heterocycles. The summed E-state index contributed by atoms with van der Waals surface area (Å²) in [6.07, 6.45) is 2.39. The Bertz CT molecular complexity index is 1490. The molecule has 4 rings (SSSR count). The molecule has 2 heterocycles. The summed E-state index contributed by atoms with van der Waals surface area (Å²) in [6.45, 7) is 3.53. The van der Waals surface area contributed by atoms with E-state index in [0.29, 0.717) is 40.4 Å². The van der Waals surface area contributed by atoms with Crippen LogP contribution in [0.3, 0.4) is 0 Å². The third-order valence-corrected chi connectivity index (χ3v) is 4.35. The zero-order chi connectivity index (χ0) is 25.0. The van der Waals surface area contributed by atoms with Crippen LogP contribution in [-0.4, -0.2) is 41.3 Å². The molecule has 13 heteroatoms. The molecule has 0 spiro atoms. The van der Waals surface area contributed by atoms with Gasteiger partial charge in [-0.05, 0) is 43.7 Å². The van der Waals surface area contributed by atoms with Crippen LogP contribution in [0.5, 0.6) is 5.75 Å². The third kappa shape index (κ3) is 6.52. The van der Waals surface area contributed by atoms with Gasteiger partial charge in [0.15, 0.2) is 17.1 Å². The largest absolute Gasteiger partial charge is 0.494 e. The number of nitrogens with zero attached hydrogens (tertiary/aromatic N) is 2. The Kier molecular flexibility index (Phi) is 7.17. The highest BCUT2D eigenvalue weighted by Crippen LogP contribution is 2.28. The van der Waals surface area contributed by atoms with Gasteiger partial charge in [0.25, 0.3) is 10.1 Å². The molecule has 0 saturated carbocycles. The number of hydrogen-bond donors (Lipinski definition) is 4. The lowest BCUT2D eigenvalue weighted by Crippen LogP contribution is -2.03. The van der Waals surface area contributed by atoms with Gasteiger partial charge in [-0.2, -0.15) is 13.4 Å². The lowest BCUT2D eigenvalue weighted by Gasteiger charge is -2.12. The molecule has 0 amide bonds. The minimum absolute atomic E-state index is 0.139. The number of methoxy groups -OCH3 is 1. The Balaban J connectivity index is 0.000000588. The normalized spacial score (nSPS) is 11.0. The monoisotopic (exact) mass is 491 g/mol. The Hall–Kier alpha value is -3.97. The number of hydrogen-bond acceptors (Lipinski definition) is 9. The van der Waals surface area contributed by atoms with Gasteiger partial charge in [-0.1, -0.05) is 0 Å². The van der Waals surface area contributed by atoms with Gasteiger partial charge in [-0.15, -0.1) is 0 Å². The highest BCUT2D eigenvalue weighted by atomic mass is 32.2. The highest BCUT2D eigenvalue weighted by Gasteiger charge is 2.11. The number of aryl methyl sites for hydroxylation is 2. The maximum Gasteiger partial charge on any atom is 0.417 e. The summed E-state index contributed by atoms with van der Waals surface area (Å²) in [5, 5.41) is 6.26. The maximum atomic E-state index is 14.0. The van der Waals surface area contributed by atoms with Crippen molar-refractivity contribution in [2.24, 2.45) is 0 Å². The smallest absolute Gasteiger partial charge is 0.417 e. The van der Waals surface area contributed by atoms with Crippen LogP contribution >= 0.6 is 0 Å². The van der Waals surface area contributed by atoms with E-state index in [1.807, 2.05) is 6.92 Å². The van der Waals surface area contributed by atoms with Crippen LogP contribution in [0.1, 0.15) is 11.1 Å². The zero-order valence-corrected chi connectivity index (χ0v) is 19.4. The fourth-order valence-corrected chi connectivity index (χ4v) is 2.88. The molecule has 0 atom stereocenters. The molecule has 4 aromatic rings. The summed E-state index contributed by atoms with van der Waals surface area (Å²) in [5.74, 6) is 0.146. The summed E-state index contributed by atoms with van der Waals surface area (Å²) in [4.78, 5) is 22.7. The average molecular weight is 492 g/mol.